The summed E-state index contributed by atoms with van der Waals surface area (Å²) in [5, 5.41) is 0. The zero-order valence-corrected chi connectivity index (χ0v) is 13.2. The van der Waals surface area contributed by atoms with Gasteiger partial charge < -0.3 is 6.15 Å². The normalized spacial score (nSPS) is 18.8. The highest BCUT2D eigenvalue weighted by Crippen LogP contribution is 2.58. The van der Waals surface area contributed by atoms with Crippen LogP contribution in [0.15, 0.2) is 0 Å². The van der Waals surface area contributed by atoms with Gasteiger partial charge in [0.05, 0.1) is 0 Å². The Morgan fingerprint density at radius 3 is 1.21 bits per heavy atom. The quantitative estimate of drug-likeness (QED) is 0.389. The zero-order valence-electron chi connectivity index (χ0n) is 13.2. The summed E-state index contributed by atoms with van der Waals surface area (Å²) in [5.74, 6) is -37.7. The van der Waals surface area contributed by atoms with Gasteiger partial charge in [-0.25, -0.2) is 30.7 Å². The number of hydrogen-bond donors (Lipinski definition) is 1. The second-order valence-corrected chi connectivity index (χ2v) is 5.25. The van der Waals surface area contributed by atoms with Crippen molar-refractivity contribution in [2.45, 2.75) is 60.7 Å². The molecule has 0 spiro atoms. The van der Waals surface area contributed by atoms with Crippen molar-refractivity contribution < 1.29 is 74.6 Å². The highest BCUT2D eigenvalue weighted by Gasteiger charge is 2.87. The molecule has 178 valence electrons. The summed E-state index contributed by atoms with van der Waals surface area (Å²) in [6, 6.07) is 0. The molecule has 0 bridgehead atoms. The van der Waals surface area contributed by atoms with Gasteiger partial charge in [-0.15, -0.1) is 0 Å². The first-order valence-corrected chi connectivity index (χ1v) is 6.44. The molecule has 0 saturated carbocycles. The van der Waals surface area contributed by atoms with E-state index in [0.717, 1.165) is 0 Å². The van der Waals surface area contributed by atoms with Crippen LogP contribution in [-0.2, 0) is 0 Å². The van der Waals surface area contributed by atoms with Gasteiger partial charge in [0.1, 0.15) is 0 Å². The maximum Gasteiger partial charge on any atom is 0.384 e. The number of rotatable bonds is 10. The van der Waals surface area contributed by atoms with Crippen LogP contribution in [0.3, 0.4) is 0 Å². The van der Waals surface area contributed by atoms with Crippen LogP contribution < -0.4 is 6.15 Å². The summed E-state index contributed by atoms with van der Waals surface area (Å²) in [4.78, 5) is 0. The van der Waals surface area contributed by atoms with Gasteiger partial charge in [0, 0.05) is 0 Å². The second-order valence-electron chi connectivity index (χ2n) is 5.25. The van der Waals surface area contributed by atoms with E-state index in [0.29, 0.717) is 0 Å². The van der Waals surface area contributed by atoms with E-state index in [1.165, 1.54) is 0 Å². The summed E-state index contributed by atoms with van der Waals surface area (Å²) < 4.78 is 216. The Labute approximate surface area is 149 Å². The van der Waals surface area contributed by atoms with Crippen LogP contribution in [0.2, 0.25) is 0 Å². The van der Waals surface area contributed by atoms with Crippen molar-refractivity contribution in [3.05, 3.63) is 0 Å². The summed E-state index contributed by atoms with van der Waals surface area (Å²) in [7, 11) is 0. The van der Waals surface area contributed by atoms with Crippen molar-refractivity contribution in [3.63, 3.8) is 0 Å². The SMILES string of the molecule is FCC(F)(F)C(F)(F)C(F)(F)C(F)(F)C(F)(F)C(F)C(F)C(F)C(F)C(F)F.N. The first kappa shape index (κ1) is 30.0. The maximum atomic E-state index is 13.2. The zero-order chi connectivity index (χ0) is 23.1. The highest BCUT2D eigenvalue weighted by molar-refractivity contribution is 5.11. The molecule has 1 nitrogen and oxygen atoms in total. The predicted octanol–water partition coefficient (Wildman–Crippen LogP) is 5.91. The molecule has 0 heterocycles. The van der Waals surface area contributed by atoms with Crippen LogP contribution in [0.4, 0.5) is 74.6 Å². The fourth-order valence-electron chi connectivity index (χ4n) is 1.57. The molecule has 0 aromatic rings. The lowest BCUT2D eigenvalue weighted by Crippen LogP contribution is -2.70. The molecular formula is C11H10F17N. The molecule has 18 heteroatoms. The van der Waals surface area contributed by atoms with E-state index in [1.807, 2.05) is 0 Å². The van der Waals surface area contributed by atoms with Crippen molar-refractivity contribution >= 4 is 0 Å². The fourth-order valence-corrected chi connectivity index (χ4v) is 1.57. The Bertz CT molecular complexity index is 520. The molecule has 0 radical (unpaired) electrons. The fraction of sp³-hybridized carbons (Fsp3) is 1.00. The molecule has 0 amide bonds. The third-order valence-electron chi connectivity index (χ3n) is 3.31. The summed E-state index contributed by atoms with van der Waals surface area (Å²) in [6.07, 6.45) is -24.4. The third kappa shape index (κ3) is 4.60. The molecule has 0 saturated heterocycles. The second kappa shape index (κ2) is 8.87. The van der Waals surface area contributed by atoms with Crippen LogP contribution in [0.25, 0.3) is 0 Å². The van der Waals surface area contributed by atoms with E-state index in [1.54, 1.807) is 0 Å². The minimum Gasteiger partial charge on any atom is -0.344 e. The van der Waals surface area contributed by atoms with Crippen molar-refractivity contribution in [1.82, 2.24) is 6.15 Å². The lowest BCUT2D eigenvalue weighted by molar-refractivity contribution is -0.410. The van der Waals surface area contributed by atoms with Gasteiger partial charge in [0.25, 0.3) is 6.43 Å². The minimum absolute atomic E-state index is 0. The van der Waals surface area contributed by atoms with E-state index in [-0.39, 0.29) is 6.15 Å². The van der Waals surface area contributed by atoms with Gasteiger partial charge in [0.15, 0.2) is 25.2 Å². The average molecular weight is 479 g/mol. The van der Waals surface area contributed by atoms with E-state index in [4.69, 9.17) is 0 Å². The Hall–Kier alpha value is -1.23. The van der Waals surface area contributed by atoms with Crippen molar-refractivity contribution in [3.8, 4) is 0 Å². The van der Waals surface area contributed by atoms with Gasteiger partial charge in [0.2, 0.25) is 6.17 Å². The van der Waals surface area contributed by atoms with Gasteiger partial charge in [-0.2, -0.15) is 43.9 Å². The molecule has 4 unspecified atom stereocenters. The predicted molar refractivity (Wildman–Crippen MR) is 61.3 cm³/mol. The maximum absolute atomic E-state index is 13.2. The molecule has 0 aromatic carbocycles. The van der Waals surface area contributed by atoms with E-state index >= 15 is 0 Å². The van der Waals surface area contributed by atoms with Crippen LogP contribution in [0, 0.1) is 0 Å². The molecule has 0 aliphatic rings. The van der Waals surface area contributed by atoms with Crippen molar-refractivity contribution in [2.24, 2.45) is 0 Å². The smallest absolute Gasteiger partial charge is 0.344 e. The Morgan fingerprint density at radius 2 is 0.897 bits per heavy atom. The lowest BCUT2D eigenvalue weighted by atomic mass is 9.90. The average Bonchev–Trinajstić information content (AvgIpc) is 2.57. The summed E-state index contributed by atoms with van der Waals surface area (Å²) in [5.41, 5.74) is 0. The standard InChI is InChI=1S/C11H7F17.H3N/c12-1-7(19,20)9(23,24)11(27,28)10(25,26)8(21,22)5(16)3(14)2(13)4(15)6(17)18;/h2-6H,1H2;1H3. The molecule has 0 aliphatic carbocycles. The molecule has 0 aliphatic heterocycles. The van der Waals surface area contributed by atoms with Crippen molar-refractivity contribution in [1.29, 1.82) is 0 Å². The molecule has 29 heavy (non-hydrogen) atoms. The molecule has 0 rings (SSSR count). The number of halogens is 17. The number of hydrogen-bond acceptors (Lipinski definition) is 1. The molecular weight excluding hydrogens is 469 g/mol. The first-order valence-electron chi connectivity index (χ1n) is 6.44. The topological polar surface area (TPSA) is 35.0 Å². The van der Waals surface area contributed by atoms with Crippen LogP contribution >= 0.6 is 0 Å². The van der Waals surface area contributed by atoms with Gasteiger partial charge >= 0.3 is 29.6 Å². The molecule has 3 N–H and O–H groups in total. The summed E-state index contributed by atoms with van der Waals surface area (Å²) >= 11 is 0. The Balaban J connectivity index is 0. The largest absolute Gasteiger partial charge is 0.384 e. The van der Waals surface area contributed by atoms with Crippen LogP contribution in [0.5, 0.6) is 0 Å². The Kier molecular flexibility index (Phi) is 9.17. The minimum atomic E-state index is -7.98. The number of alkyl halides is 17. The molecule has 0 aromatic heterocycles. The van der Waals surface area contributed by atoms with Crippen LogP contribution in [0.1, 0.15) is 0 Å². The molecule has 4 atom stereocenters. The third-order valence-corrected chi connectivity index (χ3v) is 3.31. The van der Waals surface area contributed by atoms with Gasteiger partial charge in [-0.1, -0.05) is 0 Å². The van der Waals surface area contributed by atoms with Gasteiger partial charge in [-0.3, -0.25) is 0 Å². The van der Waals surface area contributed by atoms with E-state index in [2.05, 4.69) is 0 Å². The molecule has 0 fully saturated rings. The lowest BCUT2D eigenvalue weighted by Gasteiger charge is -2.40. The monoisotopic (exact) mass is 479 g/mol. The first-order chi connectivity index (χ1) is 12.1. The Morgan fingerprint density at radius 1 is 0.517 bits per heavy atom. The van der Waals surface area contributed by atoms with Gasteiger partial charge in [-0.05, 0) is 0 Å². The van der Waals surface area contributed by atoms with E-state index < -0.39 is 67.4 Å². The van der Waals surface area contributed by atoms with Crippen LogP contribution in [-0.4, -0.2) is 67.4 Å². The van der Waals surface area contributed by atoms with E-state index in [9.17, 15) is 74.6 Å². The van der Waals surface area contributed by atoms with Crippen molar-refractivity contribution in [2.75, 3.05) is 6.67 Å². The highest BCUT2D eigenvalue weighted by atomic mass is 19.4. The summed E-state index contributed by atoms with van der Waals surface area (Å²) in [6.45, 7) is -3.79.